The molecule has 29 heavy (non-hydrogen) atoms. The molecule has 4 N–H and O–H groups in total. The highest BCUT2D eigenvalue weighted by Crippen LogP contribution is 2.18. The first-order valence-corrected chi connectivity index (χ1v) is 13.4. The lowest BCUT2D eigenvalue weighted by Gasteiger charge is -2.24. The summed E-state index contributed by atoms with van der Waals surface area (Å²) in [6.07, 6.45) is 2.26. The molecule has 2 rings (SSSR count). The van der Waals surface area contributed by atoms with E-state index in [9.17, 15) is 10.2 Å². The van der Waals surface area contributed by atoms with Gasteiger partial charge >= 0.3 is 0 Å². The van der Waals surface area contributed by atoms with Gasteiger partial charge in [-0.2, -0.15) is 0 Å². The standard InChI is InChI=1S/C23H35NO4Si/c1-27-20-9-11-22(12-10-20)29(2,3)16-4-15-28-21-7-5-19(6-8-21)13-14-23(24,17-25)18-26/h5-12,25-26H,4,13-18,24H2,1-3H3. The molecule has 0 heterocycles. The summed E-state index contributed by atoms with van der Waals surface area (Å²) in [6.45, 7) is 5.04. The predicted molar refractivity (Wildman–Crippen MR) is 121 cm³/mol. The van der Waals surface area contributed by atoms with Crippen LogP contribution in [0.2, 0.25) is 19.1 Å². The van der Waals surface area contributed by atoms with E-state index in [0.29, 0.717) is 19.4 Å². The molecule has 0 atom stereocenters. The lowest BCUT2D eigenvalue weighted by atomic mass is 9.94. The third-order valence-electron chi connectivity index (χ3n) is 5.55. The van der Waals surface area contributed by atoms with Crippen molar-refractivity contribution in [2.75, 3.05) is 26.9 Å². The Morgan fingerprint density at radius 2 is 1.52 bits per heavy atom. The summed E-state index contributed by atoms with van der Waals surface area (Å²) < 4.78 is 11.2. The Balaban J connectivity index is 1.77. The van der Waals surface area contributed by atoms with Crippen molar-refractivity contribution in [2.24, 2.45) is 5.73 Å². The summed E-state index contributed by atoms with van der Waals surface area (Å²) in [6, 6.07) is 17.6. The first kappa shape index (κ1) is 23.4. The fourth-order valence-corrected chi connectivity index (χ4v) is 5.63. The Kier molecular flexibility index (Phi) is 8.71. The Morgan fingerprint density at radius 1 is 0.931 bits per heavy atom. The first-order valence-electron chi connectivity index (χ1n) is 10.2. The normalized spacial score (nSPS) is 12.1. The molecule has 0 unspecified atom stereocenters. The van der Waals surface area contributed by atoms with Crippen molar-refractivity contribution < 1.29 is 19.7 Å². The van der Waals surface area contributed by atoms with Gasteiger partial charge in [-0.1, -0.05) is 48.6 Å². The van der Waals surface area contributed by atoms with Gasteiger partial charge in [0.15, 0.2) is 0 Å². The second-order valence-corrected chi connectivity index (χ2v) is 13.2. The Hall–Kier alpha value is -1.86. The molecule has 0 amide bonds. The van der Waals surface area contributed by atoms with Gasteiger partial charge in [0.25, 0.3) is 0 Å². The van der Waals surface area contributed by atoms with Gasteiger partial charge in [0.1, 0.15) is 11.5 Å². The topological polar surface area (TPSA) is 84.9 Å². The van der Waals surface area contributed by atoms with Crippen molar-refractivity contribution in [3.8, 4) is 11.5 Å². The molecule has 0 aromatic heterocycles. The van der Waals surface area contributed by atoms with Crippen LogP contribution >= 0.6 is 0 Å². The summed E-state index contributed by atoms with van der Waals surface area (Å²) in [7, 11) is 0.205. The van der Waals surface area contributed by atoms with E-state index in [1.165, 1.54) is 5.19 Å². The third-order valence-corrected chi connectivity index (χ3v) is 9.05. The fraction of sp³-hybridized carbons (Fsp3) is 0.478. The number of rotatable bonds is 12. The molecule has 2 aromatic carbocycles. The maximum Gasteiger partial charge on any atom is 0.119 e. The first-order chi connectivity index (χ1) is 13.8. The number of methoxy groups -OCH3 is 1. The lowest BCUT2D eigenvalue weighted by molar-refractivity contribution is 0.115. The minimum absolute atomic E-state index is 0.221. The van der Waals surface area contributed by atoms with Crippen molar-refractivity contribution in [1.82, 2.24) is 0 Å². The van der Waals surface area contributed by atoms with E-state index < -0.39 is 13.6 Å². The lowest BCUT2D eigenvalue weighted by Crippen LogP contribution is -2.47. The smallest absolute Gasteiger partial charge is 0.119 e. The molecular formula is C23H35NO4Si. The molecule has 160 valence electrons. The van der Waals surface area contributed by atoms with Crippen LogP contribution in [0.3, 0.4) is 0 Å². The van der Waals surface area contributed by atoms with Gasteiger partial charge in [0.2, 0.25) is 0 Å². The highest BCUT2D eigenvalue weighted by atomic mass is 28.3. The van der Waals surface area contributed by atoms with Crippen LogP contribution in [-0.4, -0.2) is 50.8 Å². The molecule has 2 aromatic rings. The van der Waals surface area contributed by atoms with Crippen LogP contribution in [0.5, 0.6) is 11.5 Å². The van der Waals surface area contributed by atoms with Crippen LogP contribution in [0.25, 0.3) is 0 Å². The van der Waals surface area contributed by atoms with E-state index in [-0.39, 0.29) is 13.2 Å². The van der Waals surface area contributed by atoms with Gasteiger partial charge in [-0.15, -0.1) is 0 Å². The van der Waals surface area contributed by atoms with Gasteiger partial charge in [-0.05, 0) is 49.1 Å². The largest absolute Gasteiger partial charge is 0.497 e. The van der Waals surface area contributed by atoms with E-state index in [4.69, 9.17) is 15.2 Å². The second kappa shape index (κ2) is 10.8. The molecule has 5 nitrogen and oxygen atoms in total. The van der Waals surface area contributed by atoms with E-state index in [0.717, 1.165) is 29.5 Å². The van der Waals surface area contributed by atoms with Crippen LogP contribution in [0, 0.1) is 0 Å². The van der Waals surface area contributed by atoms with Gasteiger partial charge in [-0.3, -0.25) is 0 Å². The maximum atomic E-state index is 9.27. The van der Waals surface area contributed by atoms with Crippen LogP contribution < -0.4 is 20.4 Å². The number of aryl methyl sites for hydroxylation is 1. The summed E-state index contributed by atoms with van der Waals surface area (Å²) in [5, 5.41) is 20.0. The zero-order valence-electron chi connectivity index (χ0n) is 17.9. The molecule has 0 bridgehead atoms. The SMILES string of the molecule is COc1ccc([Si](C)(C)CCCOc2ccc(CCC(N)(CO)CO)cc2)cc1. The average molecular weight is 418 g/mol. The number of aliphatic hydroxyl groups is 2. The minimum atomic E-state index is -1.49. The highest BCUT2D eigenvalue weighted by Gasteiger charge is 2.23. The number of ether oxygens (including phenoxy) is 2. The van der Waals surface area contributed by atoms with Crippen molar-refractivity contribution in [3.63, 3.8) is 0 Å². The van der Waals surface area contributed by atoms with Gasteiger partial charge < -0.3 is 25.4 Å². The zero-order valence-corrected chi connectivity index (χ0v) is 18.9. The summed E-state index contributed by atoms with van der Waals surface area (Å²) in [4.78, 5) is 0. The minimum Gasteiger partial charge on any atom is -0.497 e. The summed E-state index contributed by atoms with van der Waals surface area (Å²) in [5.41, 5.74) is 6.11. The molecule has 0 saturated carbocycles. The molecule has 0 aliphatic rings. The van der Waals surface area contributed by atoms with E-state index >= 15 is 0 Å². The van der Waals surface area contributed by atoms with E-state index in [2.05, 4.69) is 25.2 Å². The Morgan fingerprint density at radius 3 is 2.07 bits per heavy atom. The third kappa shape index (κ3) is 7.15. The van der Waals surface area contributed by atoms with E-state index in [1.807, 2.05) is 36.4 Å². The van der Waals surface area contributed by atoms with Crippen molar-refractivity contribution in [3.05, 3.63) is 54.1 Å². The predicted octanol–water partition coefficient (Wildman–Crippen LogP) is 2.69. The van der Waals surface area contributed by atoms with Crippen LogP contribution in [0.4, 0.5) is 0 Å². The number of aliphatic hydroxyl groups excluding tert-OH is 2. The molecular weight excluding hydrogens is 382 g/mol. The molecule has 0 aliphatic heterocycles. The fourth-order valence-electron chi connectivity index (χ4n) is 3.24. The van der Waals surface area contributed by atoms with Gasteiger partial charge in [0, 0.05) is 0 Å². The quantitative estimate of drug-likeness (QED) is 0.365. The average Bonchev–Trinajstić information content (AvgIpc) is 2.76. The van der Waals surface area contributed by atoms with Crippen molar-refractivity contribution in [2.45, 2.75) is 43.9 Å². The molecule has 0 spiro atoms. The van der Waals surface area contributed by atoms with Crippen molar-refractivity contribution >= 4 is 13.3 Å². The molecule has 0 fully saturated rings. The molecule has 0 saturated heterocycles. The monoisotopic (exact) mass is 417 g/mol. The number of hydrogen-bond acceptors (Lipinski definition) is 5. The highest BCUT2D eigenvalue weighted by molar-refractivity contribution is 6.89. The van der Waals surface area contributed by atoms with Gasteiger partial charge in [-0.25, -0.2) is 0 Å². The second-order valence-electron chi connectivity index (χ2n) is 8.39. The van der Waals surface area contributed by atoms with Crippen LogP contribution in [-0.2, 0) is 6.42 Å². The Labute approximate surface area is 175 Å². The summed E-state index contributed by atoms with van der Waals surface area (Å²) in [5.74, 6) is 1.76. The summed E-state index contributed by atoms with van der Waals surface area (Å²) >= 11 is 0. The zero-order chi connectivity index (χ0) is 21.3. The van der Waals surface area contributed by atoms with Gasteiger partial charge in [0.05, 0.1) is 40.5 Å². The van der Waals surface area contributed by atoms with E-state index in [1.54, 1.807) is 7.11 Å². The maximum absolute atomic E-state index is 9.27. The molecule has 0 radical (unpaired) electrons. The molecule has 6 heteroatoms. The number of nitrogens with two attached hydrogens (primary N) is 1. The number of benzene rings is 2. The van der Waals surface area contributed by atoms with Crippen LogP contribution in [0.15, 0.2) is 48.5 Å². The molecule has 0 aliphatic carbocycles. The van der Waals surface area contributed by atoms with Crippen LogP contribution in [0.1, 0.15) is 18.4 Å². The van der Waals surface area contributed by atoms with Crippen molar-refractivity contribution in [1.29, 1.82) is 0 Å². The number of hydrogen-bond donors (Lipinski definition) is 3. The Bertz CT molecular complexity index is 728.